The van der Waals surface area contributed by atoms with E-state index in [9.17, 15) is 13.2 Å². The number of rotatable bonds is 3. The van der Waals surface area contributed by atoms with Crippen LogP contribution in [0.3, 0.4) is 0 Å². The van der Waals surface area contributed by atoms with E-state index in [-0.39, 0.29) is 10.8 Å². The van der Waals surface area contributed by atoms with E-state index in [0.717, 1.165) is 12.0 Å². The van der Waals surface area contributed by atoms with E-state index >= 15 is 0 Å². The van der Waals surface area contributed by atoms with Crippen LogP contribution in [-0.2, 0) is 16.6 Å². The van der Waals surface area contributed by atoms with Gasteiger partial charge in [-0.1, -0.05) is 17.7 Å². The maximum atomic E-state index is 12.8. The van der Waals surface area contributed by atoms with E-state index < -0.39 is 10.0 Å². The van der Waals surface area contributed by atoms with E-state index in [0.29, 0.717) is 24.5 Å². The molecule has 1 aliphatic rings. The molecule has 1 amide bonds. The zero-order valence-electron chi connectivity index (χ0n) is 13.1. The highest BCUT2D eigenvalue weighted by atomic mass is 32.2. The van der Waals surface area contributed by atoms with Crippen LogP contribution in [0.1, 0.15) is 22.5 Å². The molecule has 122 valence electrons. The van der Waals surface area contributed by atoms with E-state index in [1.807, 2.05) is 19.1 Å². The highest BCUT2D eigenvalue weighted by Gasteiger charge is 2.26. The largest absolute Gasteiger partial charge is 0.351 e. The van der Waals surface area contributed by atoms with Gasteiger partial charge in [0.15, 0.2) is 0 Å². The molecule has 2 aromatic rings. The van der Waals surface area contributed by atoms with Crippen molar-refractivity contribution in [2.45, 2.75) is 24.8 Å². The highest BCUT2D eigenvalue weighted by Crippen LogP contribution is 2.24. The lowest BCUT2D eigenvalue weighted by Crippen LogP contribution is -2.26. The van der Waals surface area contributed by atoms with Crippen LogP contribution in [0, 0.1) is 6.92 Å². The lowest BCUT2D eigenvalue weighted by Gasteiger charge is -2.18. The molecule has 7 heteroatoms. The summed E-state index contributed by atoms with van der Waals surface area (Å²) >= 11 is 0. The number of hydrogen-bond donors (Lipinski definition) is 1. The third-order valence-corrected chi connectivity index (χ3v) is 5.77. The number of aromatic nitrogens is 1. The number of carbonyl (C=O) groups excluding carboxylic acids is 1. The van der Waals surface area contributed by atoms with Crippen molar-refractivity contribution >= 4 is 21.6 Å². The number of amides is 1. The van der Waals surface area contributed by atoms with Gasteiger partial charge in [0.1, 0.15) is 10.6 Å². The van der Waals surface area contributed by atoms with Gasteiger partial charge in [0.25, 0.3) is 15.9 Å². The Kier molecular flexibility index (Phi) is 3.89. The minimum atomic E-state index is -3.70. The molecule has 1 aliphatic heterocycles. The predicted molar refractivity (Wildman–Crippen MR) is 88.2 cm³/mol. The van der Waals surface area contributed by atoms with Crippen LogP contribution in [0.5, 0.6) is 0 Å². The molecule has 0 saturated heterocycles. The van der Waals surface area contributed by atoms with Crippen LogP contribution in [-0.4, -0.2) is 32.5 Å². The Morgan fingerprint density at radius 2 is 1.91 bits per heavy atom. The average molecular weight is 333 g/mol. The molecule has 6 nitrogen and oxygen atoms in total. The Labute approximate surface area is 135 Å². The lowest BCUT2D eigenvalue weighted by molar-refractivity contribution is 0.0951. The molecule has 0 spiro atoms. The fourth-order valence-corrected chi connectivity index (χ4v) is 3.83. The molecule has 0 unspecified atom stereocenters. The zero-order valence-corrected chi connectivity index (χ0v) is 13.9. The van der Waals surface area contributed by atoms with Crippen LogP contribution in [0.2, 0.25) is 0 Å². The van der Waals surface area contributed by atoms with Crippen molar-refractivity contribution in [3.05, 3.63) is 47.8 Å². The van der Waals surface area contributed by atoms with Crippen LogP contribution in [0.25, 0.3) is 0 Å². The number of carbonyl (C=O) groups is 1. The summed E-state index contributed by atoms with van der Waals surface area (Å²) in [6.07, 6.45) is 2.32. The first-order chi connectivity index (χ1) is 10.9. The standard InChI is InChI=1S/C16H19N3O3S/c1-12-4-6-13(7-5-12)18(2)23(21,22)14-10-15-16(20)17-8-3-9-19(15)11-14/h4-7,10-11H,3,8-9H2,1-2H3,(H,17,20). The summed E-state index contributed by atoms with van der Waals surface area (Å²) in [5.41, 5.74) is 2.03. The Balaban J connectivity index is 1.98. The molecule has 23 heavy (non-hydrogen) atoms. The summed E-state index contributed by atoms with van der Waals surface area (Å²) in [5.74, 6) is -0.234. The molecule has 0 aliphatic carbocycles. The number of nitrogens with one attached hydrogen (secondary N) is 1. The molecular formula is C16H19N3O3S. The fraction of sp³-hybridized carbons (Fsp3) is 0.312. The number of hydrogen-bond acceptors (Lipinski definition) is 3. The Morgan fingerprint density at radius 1 is 1.22 bits per heavy atom. The number of fused-ring (bicyclic) bond motifs is 1. The maximum absolute atomic E-state index is 12.8. The highest BCUT2D eigenvalue weighted by molar-refractivity contribution is 7.92. The normalized spacial score (nSPS) is 14.8. The number of nitrogens with zero attached hydrogens (tertiary/aromatic N) is 2. The second-order valence-corrected chi connectivity index (χ2v) is 7.64. The van der Waals surface area contributed by atoms with E-state index in [4.69, 9.17) is 0 Å². The van der Waals surface area contributed by atoms with E-state index in [1.165, 1.54) is 17.4 Å². The van der Waals surface area contributed by atoms with Gasteiger partial charge >= 0.3 is 0 Å². The summed E-state index contributed by atoms with van der Waals surface area (Å²) in [6, 6.07) is 8.70. The second kappa shape index (κ2) is 5.73. The monoisotopic (exact) mass is 333 g/mol. The quantitative estimate of drug-likeness (QED) is 0.930. The number of sulfonamides is 1. The molecule has 0 atom stereocenters. The number of benzene rings is 1. The van der Waals surface area contributed by atoms with Gasteiger partial charge in [0.2, 0.25) is 0 Å². The summed E-state index contributed by atoms with van der Waals surface area (Å²) in [5, 5.41) is 2.76. The number of anilines is 1. The number of aryl methyl sites for hydroxylation is 2. The third kappa shape index (κ3) is 2.84. The minimum absolute atomic E-state index is 0.132. The van der Waals surface area contributed by atoms with Crippen LogP contribution in [0.15, 0.2) is 41.4 Å². The Hall–Kier alpha value is -2.28. The first-order valence-corrected chi connectivity index (χ1v) is 8.87. The zero-order chi connectivity index (χ0) is 16.6. The van der Waals surface area contributed by atoms with Crippen LogP contribution >= 0.6 is 0 Å². The summed E-state index contributed by atoms with van der Waals surface area (Å²) in [6.45, 7) is 3.17. The Bertz CT molecular complexity index is 838. The Morgan fingerprint density at radius 3 is 2.61 bits per heavy atom. The van der Waals surface area contributed by atoms with Crippen molar-refractivity contribution < 1.29 is 13.2 Å². The summed E-state index contributed by atoms with van der Waals surface area (Å²) in [7, 11) is -2.18. The molecule has 1 aromatic carbocycles. The van der Waals surface area contributed by atoms with Gasteiger partial charge in [0.05, 0.1) is 5.69 Å². The van der Waals surface area contributed by atoms with Crippen LogP contribution in [0.4, 0.5) is 5.69 Å². The van der Waals surface area contributed by atoms with E-state index in [1.54, 1.807) is 22.9 Å². The molecule has 3 rings (SSSR count). The molecular weight excluding hydrogens is 314 g/mol. The minimum Gasteiger partial charge on any atom is -0.351 e. The van der Waals surface area contributed by atoms with Gasteiger partial charge in [-0.25, -0.2) is 8.42 Å². The molecule has 2 heterocycles. The van der Waals surface area contributed by atoms with Gasteiger partial charge in [-0.3, -0.25) is 9.10 Å². The van der Waals surface area contributed by atoms with E-state index in [2.05, 4.69) is 5.32 Å². The molecule has 1 N–H and O–H groups in total. The third-order valence-electron chi connectivity index (χ3n) is 4.02. The lowest BCUT2D eigenvalue weighted by atomic mass is 10.2. The topological polar surface area (TPSA) is 71.4 Å². The second-order valence-electron chi connectivity index (χ2n) is 5.67. The fourth-order valence-electron chi connectivity index (χ4n) is 2.59. The van der Waals surface area contributed by atoms with Gasteiger partial charge in [-0.05, 0) is 31.5 Å². The molecule has 0 bridgehead atoms. The van der Waals surface area contributed by atoms with Crippen molar-refractivity contribution in [3.63, 3.8) is 0 Å². The predicted octanol–water partition coefficient (Wildman–Crippen LogP) is 1.76. The SMILES string of the molecule is Cc1ccc(N(C)S(=O)(=O)c2cc3n(c2)CCCNC3=O)cc1. The van der Waals surface area contributed by atoms with Crippen LogP contribution < -0.4 is 9.62 Å². The molecule has 1 aromatic heterocycles. The molecule has 0 saturated carbocycles. The van der Waals surface area contributed by atoms with Crippen molar-refractivity contribution in [1.29, 1.82) is 0 Å². The van der Waals surface area contributed by atoms with Crippen molar-refractivity contribution in [3.8, 4) is 0 Å². The van der Waals surface area contributed by atoms with Gasteiger partial charge in [0, 0.05) is 26.3 Å². The molecule has 0 fully saturated rings. The maximum Gasteiger partial charge on any atom is 0.267 e. The first kappa shape index (κ1) is 15.6. The van der Waals surface area contributed by atoms with Crippen molar-refractivity contribution in [2.75, 3.05) is 17.9 Å². The van der Waals surface area contributed by atoms with Gasteiger partial charge in [-0.15, -0.1) is 0 Å². The smallest absolute Gasteiger partial charge is 0.267 e. The summed E-state index contributed by atoms with van der Waals surface area (Å²) < 4.78 is 28.6. The van der Waals surface area contributed by atoms with Gasteiger partial charge in [-0.2, -0.15) is 0 Å². The van der Waals surface area contributed by atoms with Crippen molar-refractivity contribution in [2.24, 2.45) is 0 Å². The van der Waals surface area contributed by atoms with Crippen molar-refractivity contribution in [1.82, 2.24) is 9.88 Å². The molecule has 0 radical (unpaired) electrons. The first-order valence-electron chi connectivity index (χ1n) is 7.43. The summed E-state index contributed by atoms with van der Waals surface area (Å²) in [4.78, 5) is 12.1. The van der Waals surface area contributed by atoms with Gasteiger partial charge < -0.3 is 9.88 Å². The average Bonchev–Trinajstić information content (AvgIpc) is 2.89.